The molecule has 3 unspecified atom stereocenters. The first-order valence-corrected chi connectivity index (χ1v) is 14.1. The van der Waals surface area contributed by atoms with Crippen LogP contribution in [-0.2, 0) is 32.7 Å². The van der Waals surface area contributed by atoms with Gasteiger partial charge in [0.2, 0.25) is 5.91 Å². The Labute approximate surface area is 208 Å². The fraction of sp³-hybridized carbons (Fsp3) is 0.870. The van der Waals surface area contributed by atoms with Crippen LogP contribution in [0.25, 0.3) is 0 Å². The molecule has 0 radical (unpaired) electrons. The van der Waals surface area contributed by atoms with Crippen molar-refractivity contribution in [3.05, 3.63) is 0 Å². The van der Waals surface area contributed by atoms with Crippen LogP contribution >= 0.6 is 7.82 Å². The molecular weight excluding hydrogens is 481 g/mol. The van der Waals surface area contributed by atoms with Crippen molar-refractivity contribution in [3.63, 3.8) is 0 Å². The molecule has 0 aliphatic rings. The number of aliphatic hydroxyl groups excluding tert-OH is 1. The number of carboxylic acids is 1. The van der Waals surface area contributed by atoms with Crippen LogP contribution in [-0.4, -0.2) is 64.9 Å². The number of carbonyl (C=O) groups excluding carboxylic acids is 2. The number of rotatable bonds is 23. The summed E-state index contributed by atoms with van der Waals surface area (Å²) in [5.41, 5.74) is 0. The Balaban J connectivity index is 4.20. The van der Waals surface area contributed by atoms with Crippen LogP contribution in [0.3, 0.4) is 0 Å². The molecule has 1 amide bonds. The highest BCUT2D eigenvalue weighted by Gasteiger charge is 2.28. The van der Waals surface area contributed by atoms with Crippen molar-refractivity contribution < 1.29 is 47.8 Å². The van der Waals surface area contributed by atoms with Gasteiger partial charge in [-0.1, -0.05) is 71.6 Å². The Morgan fingerprint density at radius 1 is 0.800 bits per heavy atom. The fourth-order valence-electron chi connectivity index (χ4n) is 3.08. The van der Waals surface area contributed by atoms with E-state index >= 15 is 0 Å². The summed E-state index contributed by atoms with van der Waals surface area (Å²) in [6.45, 7) is 2.32. The largest absolute Gasteiger partial charge is 0.480 e. The maximum Gasteiger partial charge on any atom is 0.472 e. The van der Waals surface area contributed by atoms with E-state index in [4.69, 9.17) is 4.74 Å². The quantitative estimate of drug-likeness (QED) is 0.0876. The Morgan fingerprint density at radius 3 is 1.89 bits per heavy atom. The Bertz CT molecular complexity index is 646. The molecule has 0 aliphatic carbocycles. The van der Waals surface area contributed by atoms with Crippen LogP contribution in [0.2, 0.25) is 0 Å². The number of unbranched alkanes of at least 4 members (excludes halogenated alkanes) is 9. The summed E-state index contributed by atoms with van der Waals surface area (Å²) in [4.78, 5) is 44.7. The predicted octanol–water partition coefficient (Wildman–Crippen LogP) is 3.70. The van der Waals surface area contributed by atoms with E-state index < -0.39 is 57.6 Å². The minimum absolute atomic E-state index is 0.146. The highest BCUT2D eigenvalue weighted by Crippen LogP contribution is 2.43. The van der Waals surface area contributed by atoms with Crippen LogP contribution in [0.4, 0.5) is 0 Å². The minimum atomic E-state index is -4.71. The molecule has 0 aliphatic heterocycles. The zero-order chi connectivity index (χ0) is 26.5. The summed E-state index contributed by atoms with van der Waals surface area (Å²) in [5, 5.41) is 21.3. The smallest absolute Gasteiger partial charge is 0.472 e. The Morgan fingerprint density at radius 2 is 1.31 bits per heavy atom. The van der Waals surface area contributed by atoms with Crippen LogP contribution < -0.4 is 5.32 Å². The third kappa shape index (κ3) is 20.4. The molecule has 0 aromatic carbocycles. The highest BCUT2D eigenvalue weighted by atomic mass is 31.2. The predicted molar refractivity (Wildman–Crippen MR) is 130 cm³/mol. The SMILES string of the molecule is CCCCCCCCC(=O)NC(COP(=O)(O)OCC(O)COC(=O)CCCCCCC)C(=O)O. The molecule has 3 atom stereocenters. The molecule has 4 N–H and O–H groups in total. The van der Waals surface area contributed by atoms with E-state index in [1.54, 1.807) is 0 Å². The van der Waals surface area contributed by atoms with Gasteiger partial charge in [0.1, 0.15) is 12.7 Å². The zero-order valence-corrected chi connectivity index (χ0v) is 22.0. The summed E-state index contributed by atoms with van der Waals surface area (Å²) in [7, 11) is -4.71. The molecule has 0 aromatic rings. The van der Waals surface area contributed by atoms with Crippen molar-refractivity contribution in [2.75, 3.05) is 19.8 Å². The van der Waals surface area contributed by atoms with E-state index in [0.717, 1.165) is 57.8 Å². The van der Waals surface area contributed by atoms with Crippen molar-refractivity contribution in [2.45, 2.75) is 109 Å². The van der Waals surface area contributed by atoms with Gasteiger partial charge in [0.25, 0.3) is 0 Å². The van der Waals surface area contributed by atoms with Gasteiger partial charge in [0.15, 0.2) is 6.04 Å². The van der Waals surface area contributed by atoms with Crippen molar-refractivity contribution in [3.8, 4) is 0 Å². The molecule has 0 aromatic heterocycles. The average molecular weight is 526 g/mol. The lowest BCUT2D eigenvalue weighted by atomic mass is 10.1. The molecule has 206 valence electrons. The number of nitrogens with one attached hydrogen (secondary N) is 1. The van der Waals surface area contributed by atoms with Gasteiger partial charge in [-0.3, -0.25) is 18.6 Å². The number of esters is 1. The van der Waals surface area contributed by atoms with Crippen molar-refractivity contribution in [1.29, 1.82) is 0 Å². The van der Waals surface area contributed by atoms with E-state index in [2.05, 4.69) is 28.2 Å². The second kappa shape index (κ2) is 20.7. The third-order valence-corrected chi connectivity index (χ3v) is 6.10. The van der Waals surface area contributed by atoms with Gasteiger partial charge in [0, 0.05) is 12.8 Å². The molecular formula is C23H44NO10P. The first-order chi connectivity index (χ1) is 16.6. The molecule has 35 heavy (non-hydrogen) atoms. The molecule has 0 bridgehead atoms. The monoisotopic (exact) mass is 525 g/mol. The number of hydrogen-bond donors (Lipinski definition) is 4. The molecule has 0 spiro atoms. The van der Waals surface area contributed by atoms with E-state index in [9.17, 15) is 34.1 Å². The van der Waals surface area contributed by atoms with Gasteiger partial charge in [-0.15, -0.1) is 0 Å². The van der Waals surface area contributed by atoms with Gasteiger partial charge in [-0.2, -0.15) is 0 Å². The standard InChI is InChI=1S/C23H44NO10P/c1-3-5-7-9-11-12-14-21(26)24-20(23(28)29)18-34-35(30,31)33-17-19(25)16-32-22(27)15-13-10-8-6-4-2/h19-20,25H,3-18H2,1-2H3,(H,24,26)(H,28,29)(H,30,31). The highest BCUT2D eigenvalue weighted by molar-refractivity contribution is 7.47. The van der Waals surface area contributed by atoms with Crippen LogP contribution in [0.1, 0.15) is 97.3 Å². The number of aliphatic hydroxyl groups is 1. The van der Waals surface area contributed by atoms with Gasteiger partial charge < -0.3 is 25.2 Å². The first-order valence-electron chi connectivity index (χ1n) is 12.6. The second-order valence-electron chi connectivity index (χ2n) is 8.54. The number of aliphatic carboxylic acids is 1. The fourth-order valence-corrected chi connectivity index (χ4v) is 3.85. The zero-order valence-electron chi connectivity index (χ0n) is 21.1. The van der Waals surface area contributed by atoms with Crippen molar-refractivity contribution in [2.24, 2.45) is 0 Å². The second-order valence-corrected chi connectivity index (χ2v) is 9.99. The third-order valence-electron chi connectivity index (χ3n) is 5.15. The summed E-state index contributed by atoms with van der Waals surface area (Å²) >= 11 is 0. The van der Waals surface area contributed by atoms with E-state index in [0.29, 0.717) is 12.8 Å². The number of hydrogen-bond acceptors (Lipinski definition) is 8. The maximum absolute atomic E-state index is 12.0. The number of phosphoric acid groups is 1. The number of amides is 1. The number of ether oxygens (including phenoxy) is 1. The van der Waals surface area contributed by atoms with Gasteiger partial charge in [-0.25, -0.2) is 9.36 Å². The molecule has 0 saturated heterocycles. The van der Waals surface area contributed by atoms with Gasteiger partial charge in [0.05, 0.1) is 13.2 Å². The summed E-state index contributed by atoms with van der Waals surface area (Å²) < 4.78 is 26.2. The van der Waals surface area contributed by atoms with Crippen molar-refractivity contribution in [1.82, 2.24) is 5.32 Å². The number of carboxylic acid groups (broad SMARTS) is 1. The Kier molecular flexibility index (Phi) is 19.8. The van der Waals surface area contributed by atoms with E-state index in [-0.39, 0.29) is 12.8 Å². The molecule has 0 saturated carbocycles. The molecule has 12 heteroatoms. The molecule has 0 fully saturated rings. The van der Waals surface area contributed by atoms with Crippen LogP contribution in [0.5, 0.6) is 0 Å². The lowest BCUT2D eigenvalue weighted by molar-refractivity contribution is -0.147. The van der Waals surface area contributed by atoms with Gasteiger partial charge >= 0.3 is 19.8 Å². The first kappa shape index (κ1) is 33.5. The Hall–Kier alpha value is -1.52. The van der Waals surface area contributed by atoms with Crippen LogP contribution in [0, 0.1) is 0 Å². The molecule has 11 nitrogen and oxygen atoms in total. The van der Waals surface area contributed by atoms with E-state index in [1.807, 2.05) is 0 Å². The number of phosphoric ester groups is 1. The molecule has 0 rings (SSSR count). The maximum atomic E-state index is 12.0. The molecule has 0 heterocycles. The number of carbonyl (C=O) groups is 3. The minimum Gasteiger partial charge on any atom is -0.480 e. The van der Waals surface area contributed by atoms with Crippen LogP contribution in [0.15, 0.2) is 0 Å². The van der Waals surface area contributed by atoms with E-state index in [1.165, 1.54) is 0 Å². The normalized spacial score (nSPS) is 14.6. The summed E-state index contributed by atoms with van der Waals surface area (Å²) in [5.74, 6) is -2.40. The lowest BCUT2D eigenvalue weighted by Crippen LogP contribution is -2.43. The topological polar surface area (TPSA) is 169 Å². The van der Waals surface area contributed by atoms with Crippen molar-refractivity contribution >= 4 is 25.7 Å². The average Bonchev–Trinajstić information content (AvgIpc) is 2.81. The summed E-state index contributed by atoms with van der Waals surface area (Å²) in [6.07, 6.45) is 9.66. The van der Waals surface area contributed by atoms with Gasteiger partial charge in [-0.05, 0) is 12.8 Å². The lowest BCUT2D eigenvalue weighted by Gasteiger charge is -2.18. The summed E-state index contributed by atoms with van der Waals surface area (Å²) in [6, 6.07) is -1.53.